The van der Waals surface area contributed by atoms with Gasteiger partial charge in [-0.2, -0.15) is 0 Å². The molecular formula is C25H37N7Na3O17P3S. The van der Waals surface area contributed by atoms with E-state index < -0.39 is 84.6 Å². The number of nitrogen functional groups attached to an aromatic ring is 1. The summed E-state index contributed by atoms with van der Waals surface area (Å²) in [5.41, 5.74) is 4.10. The molecule has 0 bridgehead atoms. The number of phosphoric ester groups is 3. The second kappa shape index (κ2) is 24.7. The third-order valence-corrected chi connectivity index (χ3v) is 10.9. The summed E-state index contributed by atoms with van der Waals surface area (Å²) < 4.78 is 60.6. The number of nitrogens with two attached hydrogens (primary N) is 1. The van der Waals surface area contributed by atoms with Crippen molar-refractivity contribution in [2.75, 3.05) is 37.8 Å². The molecule has 31 heteroatoms. The number of nitrogens with zero attached hydrogens (tertiary/aromatic N) is 4. The molecule has 2 aromatic heterocycles. The largest absolute Gasteiger partial charge is 1.00 e. The molecule has 1 aliphatic heterocycles. The third kappa shape index (κ3) is 17.7. The van der Waals surface area contributed by atoms with Gasteiger partial charge in [-0.15, -0.1) is 0 Å². The van der Waals surface area contributed by atoms with Gasteiger partial charge in [-0.3, -0.25) is 32.6 Å². The Morgan fingerprint density at radius 3 is 2.36 bits per heavy atom. The van der Waals surface area contributed by atoms with E-state index in [-0.39, 0.29) is 130 Å². The minimum Gasteiger partial charge on any atom is -0.756 e. The van der Waals surface area contributed by atoms with Gasteiger partial charge in [0.15, 0.2) is 17.7 Å². The summed E-state index contributed by atoms with van der Waals surface area (Å²) in [4.78, 5) is 93.1. The Morgan fingerprint density at radius 1 is 1.09 bits per heavy atom. The van der Waals surface area contributed by atoms with Gasteiger partial charge >= 0.3 is 88.7 Å². The Morgan fingerprint density at radius 2 is 1.73 bits per heavy atom. The maximum atomic E-state index is 12.5. The Bertz CT molecular complexity index is 1810. The van der Waals surface area contributed by atoms with Crippen LogP contribution in [0.1, 0.15) is 33.4 Å². The van der Waals surface area contributed by atoms with Crippen molar-refractivity contribution in [3.05, 3.63) is 24.8 Å². The second-order valence-corrected chi connectivity index (χ2v) is 16.9. The first-order chi connectivity index (χ1) is 24.6. The van der Waals surface area contributed by atoms with Crippen LogP contribution in [0.5, 0.6) is 0 Å². The van der Waals surface area contributed by atoms with E-state index in [1.807, 2.05) is 0 Å². The van der Waals surface area contributed by atoms with Crippen molar-refractivity contribution in [3.63, 3.8) is 0 Å². The number of aliphatic hydroxyl groups is 2. The van der Waals surface area contributed by atoms with Gasteiger partial charge in [0.05, 0.1) is 19.5 Å². The molecule has 298 valence electrons. The average Bonchev–Trinajstić information content (AvgIpc) is 3.61. The Labute approximate surface area is 390 Å². The average molecular weight is 902 g/mol. The van der Waals surface area contributed by atoms with Crippen molar-refractivity contribution in [1.29, 1.82) is 0 Å². The van der Waals surface area contributed by atoms with Crippen molar-refractivity contribution in [2.24, 2.45) is 5.41 Å². The molecule has 2 aromatic rings. The summed E-state index contributed by atoms with van der Waals surface area (Å²) in [5.74, 6) is -1.22. The van der Waals surface area contributed by atoms with Crippen LogP contribution in [0, 0.1) is 5.41 Å². The topological polar surface area (TPSA) is 372 Å². The van der Waals surface area contributed by atoms with Gasteiger partial charge in [0.1, 0.15) is 36.3 Å². The standard InChI is InChI=1S/C25H40N7O17P3S.3Na/c1-4-5-16(34)53-9-8-27-15(33)6-7-28-23(37)20(36)25(2,3)11-46-52(43,44)49-51(41,42)45-10-14-19(48-50(38,39)40)18(35)24(47-14)32-13-31-17-21(26)29-12-30-22(17)32;;;/h4-5,12-14,18-20,24,35-36H,6-11H2,1-3H3,(H,27,33)(H,28,37)(H,41,42)(H,43,44)(H2,26,29,30)(H2,38,39,40);;;/q;3*+1/p-3/b5-4+;;;/t14-,18?,19+,20+,24-;;;/m1.../s1. The summed E-state index contributed by atoms with van der Waals surface area (Å²) in [6.45, 7) is 1.82. The molecular weight excluding hydrogens is 864 g/mol. The fraction of sp³-hybridized carbons (Fsp3) is 0.600. The number of aliphatic hydroxyl groups excluding tert-OH is 2. The molecule has 24 nitrogen and oxygen atoms in total. The van der Waals surface area contributed by atoms with Crippen LogP contribution in [-0.4, -0.2) is 108 Å². The number of rotatable bonds is 20. The van der Waals surface area contributed by atoms with E-state index in [4.69, 9.17) is 10.5 Å². The van der Waals surface area contributed by atoms with Crippen LogP contribution in [-0.2, 0) is 50.7 Å². The fourth-order valence-corrected chi connectivity index (χ4v) is 7.83. The van der Waals surface area contributed by atoms with E-state index in [0.29, 0.717) is 5.75 Å². The van der Waals surface area contributed by atoms with Crippen LogP contribution in [0.2, 0.25) is 0 Å². The zero-order valence-electron chi connectivity index (χ0n) is 31.1. The smallest absolute Gasteiger partial charge is 0.756 e. The van der Waals surface area contributed by atoms with Gasteiger partial charge in [0, 0.05) is 30.7 Å². The number of fused-ring (bicyclic) bond motifs is 1. The van der Waals surface area contributed by atoms with Crippen molar-refractivity contribution in [1.82, 2.24) is 30.2 Å². The molecule has 1 aliphatic rings. The number of nitrogens with one attached hydrogen (secondary N) is 2. The van der Waals surface area contributed by atoms with Crippen LogP contribution in [0.25, 0.3) is 11.2 Å². The number of ether oxygens (including phenoxy) is 1. The zero-order chi connectivity index (χ0) is 39.8. The predicted octanol–water partition coefficient (Wildman–Crippen LogP) is -11.6. The van der Waals surface area contributed by atoms with Crippen LogP contribution in [0.4, 0.5) is 5.82 Å². The van der Waals surface area contributed by atoms with Crippen molar-refractivity contribution >= 4 is 69.1 Å². The molecule has 0 saturated carbocycles. The Balaban J connectivity index is 0.0000101. The minimum absolute atomic E-state index is 0. The van der Waals surface area contributed by atoms with Gasteiger partial charge in [-0.05, 0) is 13.0 Å². The van der Waals surface area contributed by atoms with Gasteiger partial charge in [-0.25, -0.2) is 19.3 Å². The van der Waals surface area contributed by atoms with E-state index in [9.17, 15) is 57.9 Å². The van der Waals surface area contributed by atoms with E-state index in [2.05, 4.69) is 43.5 Å². The molecule has 0 spiro atoms. The van der Waals surface area contributed by atoms with E-state index >= 15 is 0 Å². The molecule has 0 radical (unpaired) electrons. The van der Waals surface area contributed by atoms with Gasteiger partial charge in [-0.1, -0.05) is 31.7 Å². The minimum atomic E-state index is -5.89. The Hall–Kier alpha value is 0.300. The van der Waals surface area contributed by atoms with Gasteiger partial charge in [0.25, 0.3) is 23.5 Å². The molecule has 8 atom stereocenters. The molecule has 2 amide bonds. The molecule has 1 saturated heterocycles. The quantitative estimate of drug-likeness (QED) is 0.0311. The first kappa shape index (κ1) is 56.3. The number of imidazole rings is 1. The summed E-state index contributed by atoms with van der Waals surface area (Å²) in [6.07, 6.45) is -4.42. The number of hydrogen-bond donors (Lipinski definition) is 6. The van der Waals surface area contributed by atoms with Crippen LogP contribution in [0.15, 0.2) is 24.8 Å². The molecule has 56 heavy (non-hydrogen) atoms. The number of thioether (sulfide) groups is 1. The molecule has 0 aliphatic carbocycles. The van der Waals surface area contributed by atoms with Gasteiger partial charge in [0.2, 0.25) is 16.9 Å². The number of carbonyl (C=O) groups excluding carboxylic acids is 3. The summed E-state index contributed by atoms with van der Waals surface area (Å²) in [5, 5.41) is 25.9. The summed E-state index contributed by atoms with van der Waals surface area (Å²) >= 11 is 0.998. The SMILES string of the molecule is C/C=C/C(=O)SCCNC(=O)CCNC(=O)[C@H](O)C(C)(C)COP(=O)([O-])OP(=O)([O-])OC[C@H]1O[C@@H](n2cnc3c(N)ncnc32)C(O)[C@H]1OP(=O)([O-])O.[Na+].[Na+].[Na+]. The molecule has 7 N–H and O–H groups in total. The van der Waals surface area contributed by atoms with E-state index in [1.54, 1.807) is 13.0 Å². The first-order valence-corrected chi connectivity index (χ1v) is 20.6. The van der Waals surface area contributed by atoms with Crippen LogP contribution < -0.4 is 120 Å². The Kier molecular flexibility index (Phi) is 24.8. The van der Waals surface area contributed by atoms with E-state index in [1.165, 1.54) is 19.9 Å². The number of anilines is 1. The molecule has 3 heterocycles. The molecule has 4 unspecified atom stereocenters. The number of allylic oxidation sites excluding steroid dienone is 1. The number of amides is 2. The maximum absolute atomic E-state index is 12.5. The molecule has 1 fully saturated rings. The predicted molar refractivity (Wildman–Crippen MR) is 175 cm³/mol. The normalized spacial score (nSPS) is 22.0. The van der Waals surface area contributed by atoms with Gasteiger partial charge < -0.3 is 64.5 Å². The summed E-state index contributed by atoms with van der Waals surface area (Å²) in [6, 6.07) is 0. The summed E-state index contributed by atoms with van der Waals surface area (Å²) in [7, 11) is -17.3. The third-order valence-electron chi connectivity index (χ3n) is 7.03. The number of carbonyl (C=O) groups is 3. The fourth-order valence-electron chi connectivity index (χ4n) is 4.45. The van der Waals surface area contributed by atoms with Crippen molar-refractivity contribution < 1.29 is 169 Å². The molecule has 3 rings (SSSR count). The second-order valence-electron chi connectivity index (χ2n) is 11.7. The van der Waals surface area contributed by atoms with Crippen molar-refractivity contribution in [2.45, 2.75) is 57.8 Å². The maximum Gasteiger partial charge on any atom is 1.00 e. The van der Waals surface area contributed by atoms with Crippen LogP contribution in [0.3, 0.4) is 0 Å². The number of phosphoric acid groups is 3. The van der Waals surface area contributed by atoms with Crippen LogP contribution >= 0.6 is 35.2 Å². The molecule has 0 aromatic carbocycles. The van der Waals surface area contributed by atoms with Crippen molar-refractivity contribution in [3.8, 4) is 0 Å². The zero-order valence-corrected chi connectivity index (χ0v) is 40.6. The van der Waals surface area contributed by atoms with E-state index in [0.717, 1.165) is 29.0 Å². The first-order valence-electron chi connectivity index (χ1n) is 15.2. The monoisotopic (exact) mass is 901 g/mol. The number of aromatic nitrogens is 4. The number of hydrogen-bond acceptors (Lipinski definition) is 21.